The van der Waals surface area contributed by atoms with Gasteiger partial charge >= 0.3 is 0 Å². The van der Waals surface area contributed by atoms with Crippen LogP contribution in [0, 0.1) is 0 Å². The highest BCUT2D eigenvalue weighted by atomic mass is 16.3. The van der Waals surface area contributed by atoms with Crippen molar-refractivity contribution in [3.8, 4) is 0 Å². The molecule has 0 saturated heterocycles. The molecule has 0 aliphatic carbocycles. The molecule has 1 rings (SSSR count). The van der Waals surface area contributed by atoms with E-state index in [4.69, 9.17) is 0 Å². The summed E-state index contributed by atoms with van der Waals surface area (Å²) in [7, 11) is 3.77. The minimum atomic E-state index is -0.946. The smallest absolute Gasteiger partial charge is 0.251 e. The first kappa shape index (κ1) is 15.6. The van der Waals surface area contributed by atoms with Crippen LogP contribution in [0.4, 0.5) is 0 Å². The van der Waals surface area contributed by atoms with Crippen molar-refractivity contribution in [2.75, 3.05) is 27.2 Å². The molecule has 1 heterocycles. The Kier molecular flexibility index (Phi) is 5.44. The first-order valence-corrected chi connectivity index (χ1v) is 6.44. The lowest BCUT2D eigenvalue weighted by molar-refractivity contribution is 0.0326. The van der Waals surface area contributed by atoms with Gasteiger partial charge in [-0.25, -0.2) is 0 Å². The van der Waals surface area contributed by atoms with Crippen molar-refractivity contribution in [1.82, 2.24) is 15.2 Å². The summed E-state index contributed by atoms with van der Waals surface area (Å²) in [6, 6.07) is 1.70. The molecule has 0 spiro atoms. The predicted octanol–water partition coefficient (Wildman–Crippen LogP) is 0.686. The lowest BCUT2D eigenvalue weighted by Gasteiger charge is -2.27. The number of carbonyl (C=O) groups excluding carboxylic acids is 1. The van der Waals surface area contributed by atoms with Crippen LogP contribution in [-0.4, -0.2) is 53.7 Å². The van der Waals surface area contributed by atoms with Crippen LogP contribution >= 0.6 is 0 Å². The van der Waals surface area contributed by atoms with E-state index in [0.29, 0.717) is 12.1 Å². The van der Waals surface area contributed by atoms with Crippen molar-refractivity contribution in [1.29, 1.82) is 0 Å². The standard InChI is InChI=1S/C14H23N3O2/c1-5-11-8-15-7-6-12(11)13(18)16-9-14(2,19)10-17(3)4/h6-8,19H,5,9-10H2,1-4H3,(H,16,18). The largest absolute Gasteiger partial charge is 0.387 e. The van der Waals surface area contributed by atoms with Gasteiger partial charge in [-0.2, -0.15) is 0 Å². The lowest BCUT2D eigenvalue weighted by atomic mass is 10.1. The monoisotopic (exact) mass is 265 g/mol. The van der Waals surface area contributed by atoms with E-state index in [2.05, 4.69) is 10.3 Å². The van der Waals surface area contributed by atoms with Crippen molar-refractivity contribution in [3.63, 3.8) is 0 Å². The van der Waals surface area contributed by atoms with Crippen molar-refractivity contribution >= 4 is 5.91 Å². The van der Waals surface area contributed by atoms with Crippen LogP contribution in [0.2, 0.25) is 0 Å². The number of amides is 1. The summed E-state index contributed by atoms with van der Waals surface area (Å²) in [5.41, 5.74) is 0.587. The van der Waals surface area contributed by atoms with Crippen LogP contribution in [0.25, 0.3) is 0 Å². The first-order chi connectivity index (χ1) is 8.85. The molecular weight excluding hydrogens is 242 g/mol. The van der Waals surface area contributed by atoms with Gasteiger partial charge < -0.3 is 15.3 Å². The fourth-order valence-electron chi connectivity index (χ4n) is 2.03. The minimum absolute atomic E-state index is 0.168. The van der Waals surface area contributed by atoms with E-state index in [1.165, 1.54) is 0 Å². The molecule has 5 nitrogen and oxygen atoms in total. The Morgan fingerprint density at radius 3 is 2.79 bits per heavy atom. The third kappa shape index (κ3) is 4.96. The van der Waals surface area contributed by atoms with Crippen LogP contribution < -0.4 is 5.32 Å². The van der Waals surface area contributed by atoms with Crippen LogP contribution in [-0.2, 0) is 6.42 Å². The Bertz CT molecular complexity index is 430. The number of aliphatic hydroxyl groups is 1. The van der Waals surface area contributed by atoms with Crippen LogP contribution in [0.1, 0.15) is 29.8 Å². The van der Waals surface area contributed by atoms with Gasteiger partial charge in [-0.3, -0.25) is 9.78 Å². The average Bonchev–Trinajstić information content (AvgIpc) is 2.34. The summed E-state index contributed by atoms with van der Waals surface area (Å²) in [6.45, 7) is 4.40. The number of nitrogens with one attached hydrogen (secondary N) is 1. The minimum Gasteiger partial charge on any atom is -0.387 e. The van der Waals surface area contributed by atoms with E-state index in [9.17, 15) is 9.90 Å². The Balaban J connectivity index is 2.65. The second kappa shape index (κ2) is 6.63. The molecule has 1 amide bonds. The van der Waals surface area contributed by atoms with Crippen molar-refractivity contribution in [2.45, 2.75) is 25.9 Å². The molecule has 1 unspecified atom stereocenters. The van der Waals surface area contributed by atoms with E-state index in [1.807, 2.05) is 25.9 Å². The molecule has 5 heteroatoms. The maximum atomic E-state index is 12.1. The maximum absolute atomic E-state index is 12.1. The number of likely N-dealkylation sites (N-methyl/N-ethyl adjacent to an activating group) is 1. The average molecular weight is 265 g/mol. The van der Waals surface area contributed by atoms with Crippen molar-refractivity contribution in [2.24, 2.45) is 0 Å². The number of hydrogen-bond donors (Lipinski definition) is 2. The highest BCUT2D eigenvalue weighted by Crippen LogP contribution is 2.08. The molecular formula is C14H23N3O2. The van der Waals surface area contributed by atoms with E-state index < -0.39 is 5.60 Å². The van der Waals surface area contributed by atoms with E-state index in [-0.39, 0.29) is 12.5 Å². The molecule has 106 valence electrons. The second-order valence-corrected chi connectivity index (χ2v) is 5.30. The van der Waals surface area contributed by atoms with Gasteiger partial charge in [-0.05, 0) is 39.1 Å². The Morgan fingerprint density at radius 1 is 1.53 bits per heavy atom. The topological polar surface area (TPSA) is 65.5 Å². The van der Waals surface area contributed by atoms with Gasteiger partial charge in [-0.1, -0.05) is 6.92 Å². The van der Waals surface area contributed by atoms with Crippen molar-refractivity contribution < 1.29 is 9.90 Å². The predicted molar refractivity (Wildman–Crippen MR) is 75.1 cm³/mol. The number of pyridine rings is 1. The lowest BCUT2D eigenvalue weighted by Crippen LogP contribution is -2.47. The molecule has 1 aromatic heterocycles. The van der Waals surface area contributed by atoms with Crippen LogP contribution in [0.3, 0.4) is 0 Å². The molecule has 19 heavy (non-hydrogen) atoms. The normalized spacial score (nSPS) is 14.2. The fourth-order valence-corrected chi connectivity index (χ4v) is 2.03. The summed E-state index contributed by atoms with van der Waals surface area (Å²) >= 11 is 0. The Labute approximate surface area is 114 Å². The molecule has 0 saturated carbocycles. The summed E-state index contributed by atoms with van der Waals surface area (Å²) in [6.07, 6.45) is 4.06. The molecule has 0 aromatic carbocycles. The highest BCUT2D eigenvalue weighted by Gasteiger charge is 2.22. The fraction of sp³-hybridized carbons (Fsp3) is 0.571. The van der Waals surface area contributed by atoms with Gasteiger partial charge in [0.15, 0.2) is 0 Å². The number of aromatic nitrogens is 1. The first-order valence-electron chi connectivity index (χ1n) is 6.44. The summed E-state index contributed by atoms with van der Waals surface area (Å²) < 4.78 is 0. The number of rotatable bonds is 6. The number of carbonyl (C=O) groups is 1. The molecule has 1 atom stereocenters. The Hall–Kier alpha value is -1.46. The van der Waals surface area contributed by atoms with E-state index in [1.54, 1.807) is 25.4 Å². The van der Waals surface area contributed by atoms with Gasteiger partial charge in [0.2, 0.25) is 0 Å². The summed E-state index contributed by atoms with van der Waals surface area (Å²) in [5.74, 6) is -0.168. The molecule has 0 radical (unpaired) electrons. The van der Waals surface area contributed by atoms with E-state index >= 15 is 0 Å². The van der Waals surface area contributed by atoms with Crippen LogP contribution in [0.5, 0.6) is 0 Å². The highest BCUT2D eigenvalue weighted by molar-refractivity contribution is 5.95. The summed E-state index contributed by atoms with van der Waals surface area (Å²) in [4.78, 5) is 18.0. The van der Waals surface area contributed by atoms with Gasteiger partial charge in [0, 0.05) is 31.0 Å². The van der Waals surface area contributed by atoms with Gasteiger partial charge in [0.25, 0.3) is 5.91 Å². The molecule has 0 fully saturated rings. The molecule has 0 aliphatic rings. The van der Waals surface area contributed by atoms with Gasteiger partial charge in [-0.15, -0.1) is 0 Å². The zero-order valence-corrected chi connectivity index (χ0v) is 12.1. The third-order valence-corrected chi connectivity index (χ3v) is 2.82. The van der Waals surface area contributed by atoms with Gasteiger partial charge in [0.1, 0.15) is 0 Å². The number of aryl methyl sites for hydroxylation is 1. The Morgan fingerprint density at radius 2 is 2.21 bits per heavy atom. The molecule has 0 aliphatic heterocycles. The molecule has 0 bridgehead atoms. The van der Waals surface area contributed by atoms with Gasteiger partial charge in [0.05, 0.1) is 5.60 Å². The zero-order valence-electron chi connectivity index (χ0n) is 12.1. The van der Waals surface area contributed by atoms with Crippen LogP contribution in [0.15, 0.2) is 18.5 Å². The molecule has 1 aromatic rings. The molecule has 2 N–H and O–H groups in total. The number of nitrogens with zero attached hydrogens (tertiary/aromatic N) is 2. The SMILES string of the molecule is CCc1cnccc1C(=O)NCC(C)(O)CN(C)C. The third-order valence-electron chi connectivity index (χ3n) is 2.82. The maximum Gasteiger partial charge on any atom is 0.251 e. The van der Waals surface area contributed by atoms with E-state index in [0.717, 1.165) is 12.0 Å². The summed E-state index contributed by atoms with van der Waals surface area (Å²) in [5, 5.41) is 12.9. The second-order valence-electron chi connectivity index (χ2n) is 5.30. The number of hydrogen-bond acceptors (Lipinski definition) is 4. The quantitative estimate of drug-likeness (QED) is 0.794. The van der Waals surface area contributed by atoms with Crippen molar-refractivity contribution in [3.05, 3.63) is 29.6 Å². The zero-order chi connectivity index (χ0) is 14.5.